The minimum atomic E-state index is 0.122. The van der Waals surface area contributed by atoms with Crippen molar-refractivity contribution >= 4 is 6.01 Å². The molecule has 0 aliphatic heterocycles. The molecule has 0 bridgehead atoms. The Morgan fingerprint density at radius 3 is 2.75 bits per heavy atom. The average molecular weight is 170 g/mol. The van der Waals surface area contributed by atoms with Crippen LogP contribution in [0.4, 0.5) is 6.01 Å². The number of rotatable bonds is 4. The fraction of sp³-hybridized carbons (Fsp3) is 0.714. The van der Waals surface area contributed by atoms with E-state index in [-0.39, 0.29) is 6.01 Å². The first kappa shape index (κ1) is 8.99. The van der Waals surface area contributed by atoms with Gasteiger partial charge in [-0.15, -0.1) is 5.10 Å². The predicted octanol–water partition coefficient (Wildman–Crippen LogP) is 0.397. The lowest BCUT2D eigenvalue weighted by atomic mass is 10.2. The summed E-state index contributed by atoms with van der Waals surface area (Å²) in [4.78, 5) is 0. The predicted molar refractivity (Wildman–Crippen MR) is 45.3 cm³/mol. The van der Waals surface area contributed by atoms with Crippen LogP contribution in [0.3, 0.4) is 0 Å². The van der Waals surface area contributed by atoms with Crippen LogP contribution in [0.5, 0.6) is 0 Å². The zero-order valence-electron chi connectivity index (χ0n) is 7.37. The van der Waals surface area contributed by atoms with Crippen molar-refractivity contribution in [3.05, 3.63) is 5.89 Å². The lowest BCUT2D eigenvalue weighted by Gasteiger charge is -2.03. The summed E-state index contributed by atoms with van der Waals surface area (Å²) in [6.45, 7) is 5.79. The normalized spacial score (nSPS) is 10.9. The number of nitrogens with one attached hydrogen (secondary N) is 1. The van der Waals surface area contributed by atoms with E-state index in [0.717, 1.165) is 6.54 Å². The van der Waals surface area contributed by atoms with Crippen molar-refractivity contribution in [1.82, 2.24) is 15.5 Å². The van der Waals surface area contributed by atoms with Gasteiger partial charge in [-0.3, -0.25) is 0 Å². The van der Waals surface area contributed by atoms with Crippen LogP contribution in [0.15, 0.2) is 4.42 Å². The third-order valence-electron chi connectivity index (χ3n) is 1.31. The molecule has 0 radical (unpaired) electrons. The molecule has 12 heavy (non-hydrogen) atoms. The van der Waals surface area contributed by atoms with E-state index in [1.54, 1.807) is 0 Å². The van der Waals surface area contributed by atoms with Crippen molar-refractivity contribution in [2.45, 2.75) is 20.4 Å². The van der Waals surface area contributed by atoms with E-state index in [9.17, 15) is 0 Å². The molecule has 0 spiro atoms. The molecule has 5 nitrogen and oxygen atoms in total. The van der Waals surface area contributed by atoms with E-state index in [1.807, 2.05) is 0 Å². The van der Waals surface area contributed by atoms with E-state index in [4.69, 9.17) is 10.2 Å². The summed E-state index contributed by atoms with van der Waals surface area (Å²) in [6.07, 6.45) is 0. The maximum absolute atomic E-state index is 5.24. The Bertz CT molecular complexity index is 233. The lowest BCUT2D eigenvalue weighted by molar-refractivity contribution is 0.461. The first-order chi connectivity index (χ1) is 5.68. The maximum atomic E-state index is 5.24. The molecular weight excluding hydrogens is 156 g/mol. The number of aromatic nitrogens is 2. The summed E-state index contributed by atoms with van der Waals surface area (Å²) >= 11 is 0. The Labute approximate surface area is 71.3 Å². The minimum Gasteiger partial charge on any atom is -0.407 e. The average Bonchev–Trinajstić information content (AvgIpc) is 2.35. The summed E-state index contributed by atoms with van der Waals surface area (Å²) in [5.74, 6) is 1.15. The van der Waals surface area contributed by atoms with Crippen molar-refractivity contribution in [3.63, 3.8) is 0 Å². The van der Waals surface area contributed by atoms with Crippen molar-refractivity contribution in [3.8, 4) is 0 Å². The number of nitrogens with zero attached hydrogens (tertiary/aromatic N) is 2. The number of hydrogen-bond acceptors (Lipinski definition) is 5. The van der Waals surface area contributed by atoms with Crippen LogP contribution >= 0.6 is 0 Å². The van der Waals surface area contributed by atoms with Gasteiger partial charge in [0.05, 0.1) is 6.54 Å². The molecule has 0 saturated carbocycles. The van der Waals surface area contributed by atoms with Crippen LogP contribution in [0.25, 0.3) is 0 Å². The van der Waals surface area contributed by atoms with Crippen LogP contribution in [0.1, 0.15) is 19.7 Å². The second-order valence-corrected chi connectivity index (χ2v) is 3.06. The smallest absolute Gasteiger partial charge is 0.312 e. The van der Waals surface area contributed by atoms with E-state index in [1.165, 1.54) is 0 Å². The molecule has 0 aromatic carbocycles. The Morgan fingerprint density at radius 2 is 2.25 bits per heavy atom. The van der Waals surface area contributed by atoms with E-state index < -0.39 is 0 Å². The fourth-order valence-electron chi connectivity index (χ4n) is 0.806. The van der Waals surface area contributed by atoms with Gasteiger partial charge in [0.2, 0.25) is 5.89 Å². The molecule has 0 saturated heterocycles. The van der Waals surface area contributed by atoms with Gasteiger partial charge in [0.25, 0.3) is 0 Å². The van der Waals surface area contributed by atoms with Gasteiger partial charge < -0.3 is 15.5 Å². The van der Waals surface area contributed by atoms with Gasteiger partial charge in [0.1, 0.15) is 0 Å². The molecule has 1 rings (SSSR count). The molecule has 1 heterocycles. The molecule has 0 unspecified atom stereocenters. The summed E-state index contributed by atoms with van der Waals surface area (Å²) in [6, 6.07) is 0.122. The fourth-order valence-corrected chi connectivity index (χ4v) is 0.806. The Morgan fingerprint density at radius 1 is 1.50 bits per heavy atom. The molecule has 3 N–H and O–H groups in total. The molecule has 0 fully saturated rings. The molecule has 1 aromatic rings. The summed E-state index contributed by atoms with van der Waals surface area (Å²) in [5.41, 5.74) is 5.24. The standard InChI is InChI=1S/C7H14N4O/c1-5(2)3-9-4-6-10-11-7(8)12-6/h5,9H,3-4H2,1-2H3,(H2,8,11). The molecule has 0 aliphatic carbocycles. The summed E-state index contributed by atoms with van der Waals surface area (Å²) in [5, 5.41) is 10.4. The molecule has 0 atom stereocenters. The largest absolute Gasteiger partial charge is 0.407 e. The third kappa shape index (κ3) is 2.87. The van der Waals surface area contributed by atoms with Crippen molar-refractivity contribution in [2.75, 3.05) is 12.3 Å². The van der Waals surface area contributed by atoms with E-state index in [0.29, 0.717) is 18.4 Å². The zero-order valence-corrected chi connectivity index (χ0v) is 7.37. The van der Waals surface area contributed by atoms with Crippen LogP contribution < -0.4 is 11.1 Å². The zero-order chi connectivity index (χ0) is 8.97. The van der Waals surface area contributed by atoms with Crippen LogP contribution in [-0.4, -0.2) is 16.7 Å². The van der Waals surface area contributed by atoms with Gasteiger partial charge in [-0.05, 0) is 12.5 Å². The maximum Gasteiger partial charge on any atom is 0.312 e. The Balaban J connectivity index is 2.24. The number of nitrogens with two attached hydrogens (primary N) is 1. The highest BCUT2D eigenvalue weighted by molar-refractivity contribution is 5.04. The molecule has 1 aromatic heterocycles. The SMILES string of the molecule is CC(C)CNCc1nnc(N)o1. The highest BCUT2D eigenvalue weighted by Gasteiger charge is 2.01. The van der Waals surface area contributed by atoms with Gasteiger partial charge in [0, 0.05) is 0 Å². The molecule has 0 aliphatic rings. The Kier molecular flexibility index (Phi) is 3.04. The molecule has 68 valence electrons. The second kappa shape index (κ2) is 4.06. The molecular formula is C7H14N4O. The van der Waals surface area contributed by atoms with Crippen molar-refractivity contribution < 1.29 is 4.42 Å². The quantitative estimate of drug-likeness (QED) is 0.683. The Hall–Kier alpha value is -1.10. The topological polar surface area (TPSA) is 77.0 Å². The molecule has 0 amide bonds. The van der Waals surface area contributed by atoms with Crippen LogP contribution in [0, 0.1) is 5.92 Å². The first-order valence-electron chi connectivity index (χ1n) is 3.97. The number of nitrogen functional groups attached to an aromatic ring is 1. The summed E-state index contributed by atoms with van der Waals surface area (Å²) < 4.78 is 4.96. The van der Waals surface area contributed by atoms with Crippen LogP contribution in [0.2, 0.25) is 0 Å². The third-order valence-corrected chi connectivity index (χ3v) is 1.31. The van der Waals surface area contributed by atoms with Gasteiger partial charge in [-0.2, -0.15) is 0 Å². The van der Waals surface area contributed by atoms with Gasteiger partial charge in [0.15, 0.2) is 0 Å². The monoisotopic (exact) mass is 170 g/mol. The molecule has 5 heteroatoms. The number of anilines is 1. The second-order valence-electron chi connectivity index (χ2n) is 3.06. The van der Waals surface area contributed by atoms with E-state index >= 15 is 0 Å². The summed E-state index contributed by atoms with van der Waals surface area (Å²) in [7, 11) is 0. The van der Waals surface area contributed by atoms with Crippen molar-refractivity contribution in [2.24, 2.45) is 5.92 Å². The lowest BCUT2D eigenvalue weighted by Crippen LogP contribution is -2.19. The highest BCUT2D eigenvalue weighted by Crippen LogP contribution is 1.99. The first-order valence-corrected chi connectivity index (χ1v) is 3.97. The van der Waals surface area contributed by atoms with E-state index in [2.05, 4.69) is 29.4 Å². The highest BCUT2D eigenvalue weighted by atomic mass is 16.4. The number of hydrogen-bond donors (Lipinski definition) is 2. The van der Waals surface area contributed by atoms with Crippen LogP contribution in [-0.2, 0) is 6.54 Å². The van der Waals surface area contributed by atoms with Gasteiger partial charge in [-0.1, -0.05) is 18.9 Å². The van der Waals surface area contributed by atoms with Gasteiger partial charge >= 0.3 is 6.01 Å². The van der Waals surface area contributed by atoms with Crippen molar-refractivity contribution in [1.29, 1.82) is 0 Å². The minimum absolute atomic E-state index is 0.122. The van der Waals surface area contributed by atoms with Gasteiger partial charge in [-0.25, -0.2) is 0 Å².